The second-order valence-electron chi connectivity index (χ2n) is 14.1. The summed E-state index contributed by atoms with van der Waals surface area (Å²) in [6.07, 6.45) is 24.1. The summed E-state index contributed by atoms with van der Waals surface area (Å²) in [5.74, 6) is 5.62. The minimum atomic E-state index is 0.466. The number of hydrogen-bond acceptors (Lipinski definition) is 1. The quantitative estimate of drug-likeness (QED) is 0.215. The molecule has 0 aliphatic heterocycles. The van der Waals surface area contributed by atoms with Crippen LogP contribution in [0.2, 0.25) is 0 Å². The van der Waals surface area contributed by atoms with Crippen molar-refractivity contribution >= 4 is 0 Å². The highest BCUT2D eigenvalue weighted by molar-refractivity contribution is 5.25. The molecule has 0 aromatic rings. The Morgan fingerprint density at radius 3 is 2.50 bits per heavy atom. The van der Waals surface area contributed by atoms with Crippen molar-refractivity contribution in [2.45, 2.75) is 144 Å². The Hall–Kier alpha value is -0.300. The van der Waals surface area contributed by atoms with E-state index in [1.165, 1.54) is 96.3 Å². The van der Waals surface area contributed by atoms with Gasteiger partial charge in [-0.15, -0.1) is 0 Å². The summed E-state index contributed by atoms with van der Waals surface area (Å²) in [5, 5.41) is 0. The molecule has 3 saturated carbocycles. The lowest BCUT2D eigenvalue weighted by atomic mass is 9.47. The maximum atomic E-state index is 6.39. The average Bonchev–Trinajstić information content (AvgIpc) is 3.16. The maximum absolute atomic E-state index is 6.39. The van der Waals surface area contributed by atoms with Gasteiger partial charge in [-0.2, -0.15) is 0 Å². The molecule has 1 nitrogen and oxygen atoms in total. The monoisotopic (exact) mass is 470 g/mol. The van der Waals surface area contributed by atoms with Crippen LogP contribution in [0, 0.1) is 46.3 Å². The second-order valence-corrected chi connectivity index (χ2v) is 14.1. The Morgan fingerprint density at radius 1 is 0.912 bits per heavy atom. The molecular weight excluding hydrogens is 412 g/mol. The first-order valence-corrected chi connectivity index (χ1v) is 15.6. The van der Waals surface area contributed by atoms with Gasteiger partial charge in [0.2, 0.25) is 0 Å². The van der Waals surface area contributed by atoms with Crippen LogP contribution in [0.25, 0.3) is 0 Å². The molecule has 0 saturated heterocycles. The number of hydrogen-bond donors (Lipinski definition) is 0. The third-order valence-corrected chi connectivity index (χ3v) is 11.6. The maximum Gasteiger partial charge on any atom is 0.0612 e. The highest BCUT2D eigenvalue weighted by Gasteiger charge is 2.59. The number of unbranched alkanes of at least 4 members (excludes halogenated alkanes) is 3. The van der Waals surface area contributed by atoms with Crippen molar-refractivity contribution in [1.29, 1.82) is 0 Å². The number of fused-ring (bicyclic) bond motifs is 5. The van der Waals surface area contributed by atoms with Gasteiger partial charge in [-0.1, -0.05) is 91.7 Å². The van der Waals surface area contributed by atoms with E-state index in [0.717, 1.165) is 42.1 Å². The van der Waals surface area contributed by atoms with Crippen LogP contribution in [0.1, 0.15) is 138 Å². The van der Waals surface area contributed by atoms with Crippen LogP contribution in [0.5, 0.6) is 0 Å². The van der Waals surface area contributed by atoms with Crippen LogP contribution < -0.4 is 0 Å². The topological polar surface area (TPSA) is 9.23 Å². The molecule has 34 heavy (non-hydrogen) atoms. The van der Waals surface area contributed by atoms with E-state index in [1.54, 1.807) is 5.57 Å². The number of allylic oxidation sites excluding steroid dienone is 1. The standard InChI is InChI=1S/C33H58O/c1-7-8-9-10-22-34-27-18-20-32(5)26(23-27)14-15-28-30-17-16-29(25(4)13-11-12-24(2)3)33(30,6)21-19-31(28)32/h14,24-25,27-31H,7-13,15-23H2,1-6H3/t25-,27+,28?,29-,30?,31?,32+,33-/m1/s1. The molecule has 8 atom stereocenters. The van der Waals surface area contributed by atoms with Crippen molar-refractivity contribution in [3.63, 3.8) is 0 Å². The molecule has 0 N–H and O–H groups in total. The van der Waals surface area contributed by atoms with E-state index in [-0.39, 0.29) is 0 Å². The Kier molecular flexibility index (Phi) is 8.97. The van der Waals surface area contributed by atoms with E-state index >= 15 is 0 Å². The van der Waals surface area contributed by atoms with Gasteiger partial charge < -0.3 is 4.74 Å². The van der Waals surface area contributed by atoms with Crippen molar-refractivity contribution in [2.24, 2.45) is 46.3 Å². The fourth-order valence-electron chi connectivity index (χ4n) is 9.57. The zero-order valence-corrected chi connectivity index (χ0v) is 23.8. The molecule has 0 amide bonds. The Balaban J connectivity index is 1.37. The van der Waals surface area contributed by atoms with Crippen LogP contribution >= 0.6 is 0 Å². The fraction of sp³-hybridized carbons (Fsp3) is 0.939. The highest BCUT2D eigenvalue weighted by Crippen LogP contribution is 2.67. The molecule has 0 aromatic carbocycles. The molecule has 0 heterocycles. The van der Waals surface area contributed by atoms with Crippen LogP contribution in [0.15, 0.2) is 11.6 Å². The van der Waals surface area contributed by atoms with Crippen LogP contribution in [-0.4, -0.2) is 12.7 Å². The average molecular weight is 471 g/mol. The summed E-state index contributed by atoms with van der Waals surface area (Å²) in [7, 11) is 0. The van der Waals surface area contributed by atoms with E-state index < -0.39 is 0 Å². The third kappa shape index (κ3) is 5.35. The Labute approximate surface area is 213 Å². The van der Waals surface area contributed by atoms with E-state index in [9.17, 15) is 0 Å². The molecule has 4 aliphatic rings. The van der Waals surface area contributed by atoms with Gasteiger partial charge in [-0.25, -0.2) is 0 Å². The summed E-state index contributed by atoms with van der Waals surface area (Å²) in [5.41, 5.74) is 2.87. The normalized spacial score (nSPS) is 40.4. The first-order chi connectivity index (χ1) is 16.3. The Bertz CT molecular complexity index is 678. The summed E-state index contributed by atoms with van der Waals surface area (Å²) < 4.78 is 6.39. The molecule has 3 unspecified atom stereocenters. The van der Waals surface area contributed by atoms with E-state index in [2.05, 4.69) is 47.6 Å². The molecular formula is C33H58O. The SMILES string of the molecule is CCCCCCO[C@H]1CC[C@@]2(C)C(=CCC3C2CC[C@@]2(C)C3CC[C@@H]2[C@H](C)CCCC(C)C)C1. The third-order valence-electron chi connectivity index (χ3n) is 11.6. The zero-order chi connectivity index (χ0) is 24.3. The minimum absolute atomic E-state index is 0.466. The van der Waals surface area contributed by atoms with Gasteiger partial charge in [0.1, 0.15) is 0 Å². The smallest absolute Gasteiger partial charge is 0.0612 e. The first-order valence-electron chi connectivity index (χ1n) is 15.6. The molecule has 3 fully saturated rings. The summed E-state index contributed by atoms with van der Waals surface area (Å²) in [4.78, 5) is 0. The van der Waals surface area contributed by atoms with Gasteiger partial charge in [-0.05, 0) is 104 Å². The second kappa shape index (κ2) is 11.4. The molecule has 4 rings (SSSR count). The van der Waals surface area contributed by atoms with Gasteiger partial charge in [0.15, 0.2) is 0 Å². The van der Waals surface area contributed by atoms with E-state index in [1.807, 2.05) is 0 Å². The van der Waals surface area contributed by atoms with Crippen molar-refractivity contribution in [2.75, 3.05) is 6.61 Å². The largest absolute Gasteiger partial charge is 0.378 e. The predicted molar refractivity (Wildman–Crippen MR) is 147 cm³/mol. The lowest BCUT2D eigenvalue weighted by Gasteiger charge is -2.58. The summed E-state index contributed by atoms with van der Waals surface area (Å²) >= 11 is 0. The number of rotatable bonds is 11. The Morgan fingerprint density at radius 2 is 1.74 bits per heavy atom. The van der Waals surface area contributed by atoms with Gasteiger partial charge in [0.25, 0.3) is 0 Å². The lowest BCUT2D eigenvalue weighted by molar-refractivity contribution is -0.0641. The molecule has 0 aromatic heterocycles. The molecule has 4 aliphatic carbocycles. The van der Waals surface area contributed by atoms with Gasteiger partial charge in [0, 0.05) is 6.61 Å². The molecule has 1 heteroatoms. The van der Waals surface area contributed by atoms with Crippen LogP contribution in [0.4, 0.5) is 0 Å². The van der Waals surface area contributed by atoms with E-state index in [0.29, 0.717) is 16.9 Å². The van der Waals surface area contributed by atoms with Gasteiger partial charge in [-0.3, -0.25) is 0 Å². The van der Waals surface area contributed by atoms with Gasteiger partial charge >= 0.3 is 0 Å². The predicted octanol–water partition coefficient (Wildman–Crippen LogP) is 9.99. The molecule has 0 spiro atoms. The van der Waals surface area contributed by atoms with Crippen molar-refractivity contribution in [1.82, 2.24) is 0 Å². The molecule has 0 radical (unpaired) electrons. The molecule has 0 bridgehead atoms. The van der Waals surface area contributed by atoms with Crippen LogP contribution in [-0.2, 0) is 4.74 Å². The summed E-state index contributed by atoms with van der Waals surface area (Å²) in [6.45, 7) is 16.0. The summed E-state index contributed by atoms with van der Waals surface area (Å²) in [6, 6.07) is 0. The minimum Gasteiger partial charge on any atom is -0.378 e. The van der Waals surface area contributed by atoms with Crippen molar-refractivity contribution in [3.05, 3.63) is 11.6 Å². The highest BCUT2D eigenvalue weighted by atomic mass is 16.5. The van der Waals surface area contributed by atoms with E-state index in [4.69, 9.17) is 4.74 Å². The van der Waals surface area contributed by atoms with Gasteiger partial charge in [0.05, 0.1) is 6.10 Å². The first kappa shape index (κ1) is 26.8. The number of ether oxygens (including phenoxy) is 1. The fourth-order valence-corrected chi connectivity index (χ4v) is 9.57. The van der Waals surface area contributed by atoms with Crippen molar-refractivity contribution < 1.29 is 4.74 Å². The lowest BCUT2D eigenvalue weighted by Crippen LogP contribution is -2.51. The van der Waals surface area contributed by atoms with Crippen molar-refractivity contribution in [3.8, 4) is 0 Å². The zero-order valence-electron chi connectivity index (χ0n) is 23.8. The van der Waals surface area contributed by atoms with Crippen LogP contribution in [0.3, 0.4) is 0 Å². The molecule has 196 valence electrons.